The maximum atomic E-state index is 5.41. The molecule has 0 bridgehead atoms. The van der Waals surface area contributed by atoms with Gasteiger partial charge in [0.05, 0.1) is 0 Å². The van der Waals surface area contributed by atoms with Gasteiger partial charge < -0.3 is 0 Å². The first-order chi connectivity index (χ1) is 10.3. The van der Waals surface area contributed by atoms with Crippen molar-refractivity contribution in [3.05, 3.63) is 54.6 Å². The van der Waals surface area contributed by atoms with Crippen LogP contribution in [-0.2, 0) is 5.75 Å². The number of aromatic nitrogens is 5. The second-order valence-electron chi connectivity index (χ2n) is 4.13. The molecule has 0 radical (unpaired) electrons. The van der Waals surface area contributed by atoms with Crippen molar-refractivity contribution in [2.45, 2.75) is 10.9 Å². The van der Waals surface area contributed by atoms with Gasteiger partial charge in [-0.25, -0.2) is 10.8 Å². The summed E-state index contributed by atoms with van der Waals surface area (Å²) in [5.41, 5.74) is 3.66. The molecule has 0 saturated carbocycles. The molecule has 0 aliphatic heterocycles. The summed E-state index contributed by atoms with van der Waals surface area (Å²) in [5, 5.41) is 0.602. The summed E-state index contributed by atoms with van der Waals surface area (Å²) in [6.07, 6.45) is 5.05. The SMILES string of the molecule is NNc1nc(SCc2ccccc2)nc(-n2ccnc2)n1. The number of rotatable bonds is 5. The summed E-state index contributed by atoms with van der Waals surface area (Å²) in [6, 6.07) is 10.1. The number of nitrogen functional groups attached to an aromatic ring is 1. The molecular formula is C13H13N7S. The van der Waals surface area contributed by atoms with Gasteiger partial charge in [0, 0.05) is 18.1 Å². The van der Waals surface area contributed by atoms with Crippen LogP contribution in [0, 0.1) is 0 Å². The highest BCUT2D eigenvalue weighted by molar-refractivity contribution is 7.98. The predicted octanol–water partition coefficient (Wildman–Crippen LogP) is 1.64. The lowest BCUT2D eigenvalue weighted by Crippen LogP contribution is -2.13. The van der Waals surface area contributed by atoms with E-state index in [1.54, 1.807) is 23.3 Å². The molecule has 0 spiro atoms. The van der Waals surface area contributed by atoms with E-state index in [-0.39, 0.29) is 0 Å². The van der Waals surface area contributed by atoms with E-state index in [2.05, 4.69) is 37.5 Å². The molecule has 1 aromatic carbocycles. The van der Waals surface area contributed by atoms with Crippen molar-refractivity contribution in [2.75, 3.05) is 5.43 Å². The first-order valence-electron chi connectivity index (χ1n) is 6.23. The van der Waals surface area contributed by atoms with Crippen molar-refractivity contribution in [3.63, 3.8) is 0 Å². The number of nitrogens with two attached hydrogens (primary N) is 1. The van der Waals surface area contributed by atoms with Crippen molar-refractivity contribution in [1.29, 1.82) is 0 Å². The van der Waals surface area contributed by atoms with E-state index in [1.807, 2.05) is 18.2 Å². The Bertz CT molecular complexity index is 700. The van der Waals surface area contributed by atoms with E-state index in [0.29, 0.717) is 17.1 Å². The first-order valence-corrected chi connectivity index (χ1v) is 7.21. The van der Waals surface area contributed by atoms with Crippen molar-refractivity contribution >= 4 is 17.7 Å². The molecule has 21 heavy (non-hydrogen) atoms. The third kappa shape index (κ3) is 3.36. The van der Waals surface area contributed by atoms with Gasteiger partial charge in [-0.05, 0) is 5.56 Å². The van der Waals surface area contributed by atoms with Crippen LogP contribution in [-0.4, -0.2) is 24.5 Å². The van der Waals surface area contributed by atoms with Crippen LogP contribution in [0.25, 0.3) is 5.95 Å². The van der Waals surface area contributed by atoms with Gasteiger partial charge in [-0.3, -0.25) is 9.99 Å². The second-order valence-corrected chi connectivity index (χ2v) is 5.07. The highest BCUT2D eigenvalue weighted by Gasteiger charge is 2.08. The van der Waals surface area contributed by atoms with Gasteiger partial charge in [-0.1, -0.05) is 42.1 Å². The molecule has 3 aromatic rings. The predicted molar refractivity (Wildman–Crippen MR) is 80.8 cm³/mol. The van der Waals surface area contributed by atoms with Crippen LogP contribution in [0.3, 0.4) is 0 Å². The molecule has 2 heterocycles. The number of hydrogen-bond acceptors (Lipinski definition) is 7. The van der Waals surface area contributed by atoms with Crippen LogP contribution in [0.5, 0.6) is 0 Å². The van der Waals surface area contributed by atoms with Crippen LogP contribution in [0.4, 0.5) is 5.95 Å². The van der Waals surface area contributed by atoms with Crippen molar-refractivity contribution < 1.29 is 0 Å². The summed E-state index contributed by atoms with van der Waals surface area (Å²) in [6.45, 7) is 0. The Labute approximate surface area is 125 Å². The van der Waals surface area contributed by atoms with Gasteiger partial charge in [-0.15, -0.1) is 0 Å². The smallest absolute Gasteiger partial charge is 0.242 e. The highest BCUT2D eigenvalue weighted by atomic mass is 32.2. The van der Waals surface area contributed by atoms with Gasteiger partial charge >= 0.3 is 0 Å². The average molecular weight is 299 g/mol. The molecule has 0 fully saturated rings. The lowest BCUT2D eigenvalue weighted by Gasteiger charge is -2.06. The van der Waals surface area contributed by atoms with E-state index in [4.69, 9.17) is 5.84 Å². The number of anilines is 1. The second kappa shape index (κ2) is 6.33. The third-order valence-corrected chi connectivity index (χ3v) is 3.60. The Kier molecular flexibility index (Phi) is 4.08. The molecule has 106 valence electrons. The number of hydrazine groups is 1. The van der Waals surface area contributed by atoms with Crippen LogP contribution in [0.15, 0.2) is 54.2 Å². The molecule has 0 amide bonds. The summed E-state index contributed by atoms with van der Waals surface area (Å²) in [5.74, 6) is 6.99. The Morgan fingerprint density at radius 1 is 1.14 bits per heavy atom. The zero-order chi connectivity index (χ0) is 14.5. The fourth-order valence-electron chi connectivity index (χ4n) is 1.69. The van der Waals surface area contributed by atoms with Gasteiger partial charge in [0.1, 0.15) is 6.33 Å². The summed E-state index contributed by atoms with van der Waals surface area (Å²) in [7, 11) is 0. The maximum Gasteiger partial charge on any atom is 0.242 e. The molecule has 0 atom stereocenters. The third-order valence-electron chi connectivity index (χ3n) is 2.68. The number of benzene rings is 1. The van der Waals surface area contributed by atoms with Crippen molar-refractivity contribution in [2.24, 2.45) is 5.84 Å². The Morgan fingerprint density at radius 2 is 2.00 bits per heavy atom. The molecule has 0 saturated heterocycles. The molecule has 7 nitrogen and oxygen atoms in total. The quantitative estimate of drug-likeness (QED) is 0.420. The monoisotopic (exact) mass is 299 g/mol. The summed E-state index contributed by atoms with van der Waals surface area (Å²) >= 11 is 1.52. The maximum absolute atomic E-state index is 5.41. The Balaban J connectivity index is 1.83. The molecule has 3 N–H and O–H groups in total. The first kappa shape index (κ1) is 13.5. The zero-order valence-electron chi connectivity index (χ0n) is 11.0. The number of hydrogen-bond donors (Lipinski definition) is 2. The fraction of sp³-hybridized carbons (Fsp3) is 0.0769. The lowest BCUT2D eigenvalue weighted by atomic mass is 10.2. The van der Waals surface area contributed by atoms with E-state index < -0.39 is 0 Å². The van der Waals surface area contributed by atoms with Gasteiger partial charge in [0.15, 0.2) is 5.16 Å². The largest absolute Gasteiger partial charge is 0.292 e. The highest BCUT2D eigenvalue weighted by Crippen LogP contribution is 2.20. The Morgan fingerprint density at radius 3 is 2.71 bits per heavy atom. The fourth-order valence-corrected chi connectivity index (χ4v) is 2.48. The van der Waals surface area contributed by atoms with Crippen LogP contribution in [0.1, 0.15) is 5.56 Å². The number of imidazole rings is 1. The molecule has 8 heteroatoms. The summed E-state index contributed by atoms with van der Waals surface area (Å²) in [4.78, 5) is 16.8. The number of nitrogens with one attached hydrogen (secondary N) is 1. The molecule has 0 unspecified atom stereocenters. The van der Waals surface area contributed by atoms with Crippen molar-refractivity contribution in [3.8, 4) is 5.95 Å². The average Bonchev–Trinajstić information content (AvgIpc) is 3.08. The molecular weight excluding hydrogens is 286 g/mol. The number of nitrogens with zero attached hydrogens (tertiary/aromatic N) is 5. The minimum Gasteiger partial charge on any atom is -0.292 e. The molecule has 3 rings (SSSR count). The van der Waals surface area contributed by atoms with E-state index in [1.165, 1.54) is 17.3 Å². The normalized spacial score (nSPS) is 10.5. The van der Waals surface area contributed by atoms with Gasteiger partial charge in [0.25, 0.3) is 0 Å². The standard InChI is InChI=1S/C13H13N7S/c14-19-11-16-12(20-7-6-15-9-20)18-13(17-11)21-8-10-4-2-1-3-5-10/h1-7,9H,8,14H2,(H,16,17,18,19). The van der Waals surface area contributed by atoms with E-state index in [9.17, 15) is 0 Å². The van der Waals surface area contributed by atoms with Crippen LogP contribution in [0.2, 0.25) is 0 Å². The van der Waals surface area contributed by atoms with Crippen LogP contribution < -0.4 is 11.3 Å². The van der Waals surface area contributed by atoms with Gasteiger partial charge in [0.2, 0.25) is 11.9 Å². The van der Waals surface area contributed by atoms with Crippen LogP contribution >= 0.6 is 11.8 Å². The van der Waals surface area contributed by atoms with E-state index >= 15 is 0 Å². The minimum absolute atomic E-state index is 0.323. The zero-order valence-corrected chi connectivity index (χ0v) is 11.9. The minimum atomic E-state index is 0.323. The van der Waals surface area contributed by atoms with Crippen molar-refractivity contribution in [1.82, 2.24) is 24.5 Å². The van der Waals surface area contributed by atoms with Gasteiger partial charge in [-0.2, -0.15) is 15.0 Å². The molecule has 0 aliphatic rings. The number of thioether (sulfide) groups is 1. The Hall–Kier alpha value is -2.45. The topological polar surface area (TPSA) is 94.5 Å². The lowest BCUT2D eigenvalue weighted by molar-refractivity contribution is 0.824. The molecule has 0 aliphatic carbocycles. The van der Waals surface area contributed by atoms with E-state index in [0.717, 1.165) is 5.75 Å². The molecule has 2 aromatic heterocycles. The summed E-state index contributed by atoms with van der Waals surface area (Å²) < 4.78 is 1.70.